The van der Waals surface area contributed by atoms with E-state index in [4.69, 9.17) is 75.5 Å². The van der Waals surface area contributed by atoms with Crippen LogP contribution in [0.15, 0.2) is 83.6 Å². The minimum Gasteiger partial charge on any atom is -0.394 e. The van der Waals surface area contributed by atoms with Gasteiger partial charge in [-0.3, -0.25) is 71.0 Å². The van der Waals surface area contributed by atoms with Crippen LogP contribution in [-0.4, -0.2) is 147 Å². The van der Waals surface area contributed by atoms with Gasteiger partial charge in [-0.15, -0.1) is 0 Å². The third-order valence-electron chi connectivity index (χ3n) is 13.2. The molecule has 0 spiro atoms. The number of H-pyrrole nitrogens is 4. The van der Waals surface area contributed by atoms with E-state index < -0.39 is 160 Å². The van der Waals surface area contributed by atoms with E-state index in [1.54, 1.807) is 6.92 Å². The van der Waals surface area contributed by atoms with Crippen LogP contribution in [0, 0.1) is 27.7 Å². The number of aromatic amines is 4. The molecule has 4 saturated heterocycles. The molecule has 0 aliphatic carbocycles. The summed E-state index contributed by atoms with van der Waals surface area (Å²) in [5.74, 6) is 0. The smallest absolute Gasteiger partial charge is 0.394 e. The second-order valence-corrected chi connectivity index (χ2v) is 24.2. The van der Waals surface area contributed by atoms with Crippen molar-refractivity contribution in [1.82, 2.24) is 38.2 Å². The average molecular weight is 1290 g/mol. The molecule has 87 heavy (non-hydrogen) atoms. The number of aliphatic hydroxyl groups excluding tert-OH is 1. The van der Waals surface area contributed by atoms with Crippen molar-refractivity contribution in [1.29, 1.82) is 0 Å². The Labute approximate surface area is 483 Å². The Morgan fingerprint density at radius 3 is 1.08 bits per heavy atom. The molecule has 4 aliphatic rings. The first kappa shape index (κ1) is 69.9. The molecule has 43 nitrogen and oxygen atoms in total. The Balaban J connectivity index is 0.000000212. The van der Waals surface area contributed by atoms with Gasteiger partial charge in [0.1, 0.15) is 24.9 Å². The molecule has 11 N–H and O–H groups in total. The first-order valence-corrected chi connectivity index (χ1v) is 30.3. The summed E-state index contributed by atoms with van der Waals surface area (Å²) < 4.78 is 63.9. The highest BCUT2D eigenvalue weighted by Crippen LogP contribution is 2.43. The number of aromatic nitrogens is 8. The van der Waals surface area contributed by atoms with E-state index in [0.29, 0.717) is 11.1 Å². The first-order chi connectivity index (χ1) is 40.7. The van der Waals surface area contributed by atoms with Crippen LogP contribution in [0.2, 0.25) is 0 Å². The van der Waals surface area contributed by atoms with Crippen molar-refractivity contribution >= 4 is 23.0 Å². The van der Waals surface area contributed by atoms with Gasteiger partial charge in [-0.25, -0.2) is 23.7 Å². The monoisotopic (exact) mass is 1290 g/mol. The topological polar surface area (TPSA) is 653 Å². The van der Waals surface area contributed by atoms with Gasteiger partial charge < -0.3 is 53.4 Å². The number of ether oxygens (including phenoxy) is 4. The van der Waals surface area contributed by atoms with E-state index in [9.17, 15) is 52.1 Å². The zero-order valence-corrected chi connectivity index (χ0v) is 48.4. The number of phosphoric ester groups is 1. The molecule has 8 heterocycles. The molecular weight excluding hydrogens is 1230 g/mol. The van der Waals surface area contributed by atoms with E-state index in [1.165, 1.54) is 54.7 Å². The maximum atomic E-state index is 11.9. The van der Waals surface area contributed by atoms with Gasteiger partial charge in [-0.05, 0) is 56.2 Å². The number of nitrogens with one attached hydrogen (secondary N) is 4. The molecule has 12 atom stereocenters. The summed E-state index contributed by atoms with van der Waals surface area (Å²) in [4.78, 5) is 165. The molecule has 0 saturated carbocycles. The fourth-order valence-corrected chi connectivity index (χ4v) is 10.7. The second-order valence-electron chi connectivity index (χ2n) is 19.5. The zero-order valence-electron chi connectivity index (χ0n) is 45.8. The molecule has 0 amide bonds. The van der Waals surface area contributed by atoms with Crippen molar-refractivity contribution < 1.29 is 71.6 Å². The Kier molecular flexibility index (Phi) is 24.3. The van der Waals surface area contributed by atoms with Crippen LogP contribution >= 0.6 is 23.0 Å². The molecule has 0 aromatic carbocycles. The van der Waals surface area contributed by atoms with Crippen molar-refractivity contribution in [3.8, 4) is 0 Å². The fourth-order valence-electron chi connectivity index (χ4n) is 8.93. The predicted octanol–water partition coefficient (Wildman–Crippen LogP) is 0.0928. The number of hydrogen-bond acceptors (Lipinski definition) is 21. The lowest BCUT2D eigenvalue weighted by atomic mass is 10.1. The molecule has 8 rings (SSSR count). The van der Waals surface area contributed by atoms with Gasteiger partial charge in [0.25, 0.3) is 22.2 Å². The largest absolute Gasteiger partial charge is 0.469 e. The number of phosphoric acid groups is 1. The number of aliphatic hydroxyl groups is 1. The standard InChI is InChI=1S/C11H16N5O6P.C10H14N5O7P.C10H14N5O6P.C10H13N5O4/c1-6-5-16(11(18)13-10(6)17)9-4-7(14-15-12)8(22-9)2-3-23(19,20)21;1-5-3-15(10(17)12-9(5)16)8-2-6(13-14-11)7(22-8)4-21-23(18,19)20;1-5-3-15(10(17)12-9(5)16)8-2-6(13-14-11)7(21-8)4-22(18,19)20;1-5-3-15(10(18)12-9(5)17)8-2-6(13-14-11)7(4-16)19-8/h5,7-9H,2-4H2,1H3,(H,13,17,18)(H2,19,20,21);3,6-8H,2,4H2,1H3,(H,12,16,17)(H2,18,19,20);3,6-8H,2,4H2,1H3,(H,12,16,17)(H2,18,19,20);3,6-8,16H,2,4H2,1H3,(H,12,17,18)/t7?,8-,9-;3*6?,7-,8-/m1111/s1. The molecule has 0 bridgehead atoms. The summed E-state index contributed by atoms with van der Waals surface area (Å²) >= 11 is 0. The number of nitrogens with zero attached hydrogens (tertiary/aromatic N) is 16. The van der Waals surface area contributed by atoms with Gasteiger partial charge in [-0.2, -0.15) is 0 Å². The Bertz CT molecular complexity index is 3870. The van der Waals surface area contributed by atoms with Crippen molar-refractivity contribution in [3.05, 3.63) is 172 Å². The maximum Gasteiger partial charge on any atom is 0.469 e. The summed E-state index contributed by atoms with van der Waals surface area (Å²) in [6.45, 7) is 5.28. The molecule has 4 fully saturated rings. The summed E-state index contributed by atoms with van der Waals surface area (Å²) in [5, 5.41) is 23.2. The summed E-state index contributed by atoms with van der Waals surface area (Å²) in [6, 6.07) is -2.80. The summed E-state index contributed by atoms with van der Waals surface area (Å²) in [5.41, 5.74) is 30.7. The lowest BCUT2D eigenvalue weighted by Crippen LogP contribution is -2.33. The quantitative estimate of drug-likeness (QED) is 0.0289. The van der Waals surface area contributed by atoms with Gasteiger partial charge in [0.2, 0.25) is 0 Å². The Morgan fingerprint density at radius 2 is 0.782 bits per heavy atom. The third kappa shape index (κ3) is 19.8. The van der Waals surface area contributed by atoms with E-state index >= 15 is 0 Å². The van der Waals surface area contributed by atoms with Crippen LogP contribution in [0.1, 0.15) is 79.3 Å². The number of hydrogen-bond donors (Lipinski definition) is 11. The average Bonchev–Trinajstić information content (AvgIpc) is 2.14. The van der Waals surface area contributed by atoms with E-state index in [-0.39, 0.29) is 49.8 Å². The van der Waals surface area contributed by atoms with Crippen molar-refractivity contribution in [2.45, 2.75) is 133 Å². The van der Waals surface area contributed by atoms with Crippen LogP contribution in [0.5, 0.6) is 0 Å². The zero-order chi connectivity index (χ0) is 64.9. The van der Waals surface area contributed by atoms with Gasteiger partial charge in [0, 0.05) is 92.4 Å². The second kappa shape index (κ2) is 30.2. The van der Waals surface area contributed by atoms with E-state index in [2.05, 4.69) is 64.6 Å². The Hall–Kier alpha value is -7.83. The molecule has 474 valence electrons. The number of rotatable bonds is 17. The molecular formula is C41H57N20O23P3. The third-order valence-corrected chi connectivity index (χ3v) is 15.3. The lowest BCUT2D eigenvalue weighted by Gasteiger charge is -2.17. The van der Waals surface area contributed by atoms with Gasteiger partial charge in [0.05, 0.1) is 74.1 Å². The highest BCUT2D eigenvalue weighted by atomic mass is 31.2. The normalized spacial score (nSPS) is 24.9. The van der Waals surface area contributed by atoms with Crippen molar-refractivity contribution in [2.75, 3.05) is 25.5 Å². The van der Waals surface area contributed by atoms with Gasteiger partial charge >= 0.3 is 45.8 Å². The van der Waals surface area contributed by atoms with E-state index in [1.807, 2.05) is 0 Å². The van der Waals surface area contributed by atoms with Gasteiger partial charge in [0.15, 0.2) is 0 Å². The Morgan fingerprint density at radius 1 is 0.494 bits per heavy atom. The molecule has 46 heteroatoms. The minimum atomic E-state index is -4.71. The van der Waals surface area contributed by atoms with Crippen LogP contribution in [0.3, 0.4) is 0 Å². The molecule has 0 radical (unpaired) electrons. The van der Waals surface area contributed by atoms with Crippen molar-refractivity contribution in [3.63, 3.8) is 0 Å². The molecule has 4 aromatic heterocycles. The number of azide groups is 4. The predicted molar refractivity (Wildman–Crippen MR) is 294 cm³/mol. The lowest BCUT2D eigenvalue weighted by molar-refractivity contribution is -0.0271. The maximum absolute atomic E-state index is 11.9. The van der Waals surface area contributed by atoms with Crippen LogP contribution in [-0.2, 0) is 37.2 Å². The molecule has 4 aromatic rings. The van der Waals surface area contributed by atoms with Crippen molar-refractivity contribution in [2.24, 2.45) is 20.5 Å². The summed E-state index contributed by atoms with van der Waals surface area (Å²) in [6.07, 6.45) is -1.67. The van der Waals surface area contributed by atoms with Crippen LogP contribution in [0.4, 0.5) is 0 Å². The van der Waals surface area contributed by atoms with Crippen LogP contribution in [0.25, 0.3) is 41.8 Å². The van der Waals surface area contributed by atoms with Crippen LogP contribution < -0.4 is 45.0 Å². The summed E-state index contributed by atoms with van der Waals surface area (Å²) in [7, 11) is -13.3. The first-order valence-electron chi connectivity index (χ1n) is 25.2. The molecule has 4 aliphatic heterocycles. The molecule has 4 unspecified atom stereocenters. The highest BCUT2D eigenvalue weighted by Gasteiger charge is 2.41. The number of aryl methyl sites for hydroxylation is 4. The van der Waals surface area contributed by atoms with Gasteiger partial charge in [-0.1, -0.05) is 20.5 Å². The SMILES string of the molecule is Cc1cn([C@H]2CC(N=[N+]=[N-])[C@@H](CCP(=O)(O)O)O2)c(=O)[nH]c1=O.Cc1cn([C@H]2CC(N=[N+]=[N-])[C@@H](CO)O2)c(=O)[nH]c1=O.Cc1cn([C@H]2CC(N=[N+]=[N-])[C@@H](COP(=O)(O)O)O2)c(=O)[nH]c1=O.Cc1cn([C@H]2CC(N=[N+]=[N-])[C@@H](CP(=O)(O)O)O2)c(=O)[nH]c1=O. The fraction of sp³-hybridized carbons (Fsp3) is 0.610. The van der Waals surface area contributed by atoms with E-state index in [0.717, 1.165) is 9.13 Å². The minimum absolute atomic E-state index is 0.0124. The highest BCUT2D eigenvalue weighted by molar-refractivity contribution is 7.52.